The summed E-state index contributed by atoms with van der Waals surface area (Å²) in [5.74, 6) is -0.388. The van der Waals surface area contributed by atoms with Crippen LogP contribution in [0.2, 0.25) is 0 Å². The standard InChI is InChI=1S/C19H17NO6/c1-11(2)18(22)25-13-6-5-12-8-15(19(23)26-16(12)9-13)17(21)20-10-14-4-3-7-24-14/h3-9,11H,10H2,1-2H3,(H,20,21). The van der Waals surface area contributed by atoms with Crippen LogP contribution in [0.5, 0.6) is 5.75 Å². The second-order valence-electron chi connectivity index (χ2n) is 5.99. The van der Waals surface area contributed by atoms with E-state index in [1.54, 1.807) is 38.1 Å². The van der Waals surface area contributed by atoms with Crippen LogP contribution < -0.4 is 15.7 Å². The molecule has 0 bridgehead atoms. The summed E-state index contributed by atoms with van der Waals surface area (Å²) in [6, 6.07) is 9.49. The van der Waals surface area contributed by atoms with E-state index in [0.29, 0.717) is 11.1 Å². The van der Waals surface area contributed by atoms with Crippen LogP contribution in [0, 0.1) is 5.92 Å². The minimum Gasteiger partial charge on any atom is -0.467 e. The number of amides is 1. The lowest BCUT2D eigenvalue weighted by molar-refractivity contribution is -0.137. The largest absolute Gasteiger partial charge is 0.467 e. The Morgan fingerprint density at radius 1 is 1.19 bits per heavy atom. The number of carbonyl (C=O) groups excluding carboxylic acids is 2. The number of furan rings is 1. The molecule has 0 saturated carbocycles. The summed E-state index contributed by atoms with van der Waals surface area (Å²) >= 11 is 0. The van der Waals surface area contributed by atoms with Crippen LogP contribution in [0.25, 0.3) is 11.0 Å². The van der Waals surface area contributed by atoms with Gasteiger partial charge in [0.25, 0.3) is 5.91 Å². The molecule has 0 atom stereocenters. The van der Waals surface area contributed by atoms with Crippen molar-refractivity contribution in [3.8, 4) is 5.75 Å². The van der Waals surface area contributed by atoms with Gasteiger partial charge in [-0.2, -0.15) is 0 Å². The zero-order chi connectivity index (χ0) is 18.7. The number of rotatable bonds is 5. The van der Waals surface area contributed by atoms with Gasteiger partial charge in [0.1, 0.15) is 22.7 Å². The molecule has 2 heterocycles. The summed E-state index contributed by atoms with van der Waals surface area (Å²) < 4.78 is 15.5. The Hall–Kier alpha value is -3.35. The third kappa shape index (κ3) is 3.83. The van der Waals surface area contributed by atoms with Gasteiger partial charge in [0, 0.05) is 11.5 Å². The van der Waals surface area contributed by atoms with Crippen molar-refractivity contribution in [2.24, 2.45) is 5.92 Å². The van der Waals surface area contributed by atoms with Crippen LogP contribution in [-0.2, 0) is 11.3 Å². The molecule has 134 valence electrons. The van der Waals surface area contributed by atoms with Gasteiger partial charge in [0.2, 0.25) is 0 Å². The monoisotopic (exact) mass is 355 g/mol. The van der Waals surface area contributed by atoms with Gasteiger partial charge >= 0.3 is 11.6 Å². The third-order valence-corrected chi connectivity index (χ3v) is 3.65. The molecule has 0 aliphatic rings. The summed E-state index contributed by atoms with van der Waals surface area (Å²) in [7, 11) is 0. The molecule has 0 unspecified atom stereocenters. The molecule has 0 aliphatic heterocycles. The van der Waals surface area contributed by atoms with Gasteiger partial charge in [-0.05, 0) is 30.3 Å². The third-order valence-electron chi connectivity index (χ3n) is 3.65. The molecule has 7 heteroatoms. The molecule has 0 aliphatic carbocycles. The Kier molecular flexibility index (Phi) is 4.88. The SMILES string of the molecule is CC(C)C(=O)Oc1ccc2cc(C(=O)NCc3ccco3)c(=O)oc2c1. The normalized spacial score (nSPS) is 10.9. The second kappa shape index (κ2) is 7.26. The Balaban J connectivity index is 1.82. The number of nitrogens with one attached hydrogen (secondary N) is 1. The molecule has 1 N–H and O–H groups in total. The summed E-state index contributed by atoms with van der Waals surface area (Å²) in [4.78, 5) is 36.0. The number of carbonyl (C=O) groups is 2. The summed E-state index contributed by atoms with van der Waals surface area (Å²) in [5.41, 5.74) is -0.663. The highest BCUT2D eigenvalue weighted by molar-refractivity contribution is 5.96. The zero-order valence-electron chi connectivity index (χ0n) is 14.3. The molecule has 3 aromatic rings. The van der Waals surface area contributed by atoms with Crippen molar-refractivity contribution >= 4 is 22.8 Å². The first kappa shape index (κ1) is 17.5. The van der Waals surface area contributed by atoms with Crippen molar-refractivity contribution in [3.63, 3.8) is 0 Å². The second-order valence-corrected chi connectivity index (χ2v) is 5.99. The minimum atomic E-state index is -0.776. The maximum absolute atomic E-state index is 12.2. The number of hydrogen-bond acceptors (Lipinski definition) is 6. The minimum absolute atomic E-state index is 0.115. The zero-order valence-corrected chi connectivity index (χ0v) is 14.3. The topological polar surface area (TPSA) is 98.8 Å². The number of benzene rings is 1. The maximum atomic E-state index is 12.2. The van der Waals surface area contributed by atoms with Crippen molar-refractivity contribution in [2.75, 3.05) is 0 Å². The fourth-order valence-electron chi connectivity index (χ4n) is 2.22. The molecule has 7 nitrogen and oxygen atoms in total. The van der Waals surface area contributed by atoms with Gasteiger partial charge in [0.15, 0.2) is 0 Å². The molecule has 3 rings (SSSR count). The van der Waals surface area contributed by atoms with Crippen molar-refractivity contribution in [2.45, 2.75) is 20.4 Å². The van der Waals surface area contributed by atoms with Crippen molar-refractivity contribution in [1.82, 2.24) is 5.32 Å². The van der Waals surface area contributed by atoms with E-state index >= 15 is 0 Å². The van der Waals surface area contributed by atoms with Gasteiger partial charge in [0.05, 0.1) is 18.7 Å². The fraction of sp³-hybridized carbons (Fsp3) is 0.211. The molecular formula is C19H17NO6. The van der Waals surface area contributed by atoms with E-state index in [1.807, 2.05) is 0 Å². The summed E-state index contributed by atoms with van der Waals surface area (Å²) in [6.07, 6.45) is 1.50. The Morgan fingerprint density at radius 2 is 2.00 bits per heavy atom. The van der Waals surface area contributed by atoms with Gasteiger partial charge in [-0.25, -0.2) is 4.79 Å². The first-order chi connectivity index (χ1) is 12.4. The van der Waals surface area contributed by atoms with Gasteiger partial charge in [-0.15, -0.1) is 0 Å². The molecule has 2 aromatic heterocycles. The summed E-state index contributed by atoms with van der Waals surface area (Å²) in [5, 5.41) is 3.13. The van der Waals surface area contributed by atoms with Gasteiger partial charge in [-0.3, -0.25) is 9.59 Å². The van der Waals surface area contributed by atoms with Crippen LogP contribution in [0.15, 0.2) is 56.3 Å². The van der Waals surface area contributed by atoms with Crippen molar-refractivity contribution in [3.05, 3.63) is 64.4 Å². The van der Waals surface area contributed by atoms with Gasteiger partial charge in [-0.1, -0.05) is 13.8 Å². The highest BCUT2D eigenvalue weighted by Crippen LogP contribution is 2.21. The molecule has 0 saturated heterocycles. The van der Waals surface area contributed by atoms with E-state index in [1.165, 1.54) is 18.4 Å². The molecule has 0 spiro atoms. The predicted octanol–water partition coefficient (Wildman–Crippen LogP) is 2.88. The van der Waals surface area contributed by atoms with E-state index in [4.69, 9.17) is 13.6 Å². The smallest absolute Gasteiger partial charge is 0.349 e. The van der Waals surface area contributed by atoms with Crippen LogP contribution in [0.4, 0.5) is 0 Å². The predicted molar refractivity (Wildman–Crippen MR) is 92.8 cm³/mol. The maximum Gasteiger partial charge on any atom is 0.349 e. The lowest BCUT2D eigenvalue weighted by atomic mass is 10.1. The molecule has 0 fully saturated rings. The first-order valence-electron chi connectivity index (χ1n) is 8.04. The van der Waals surface area contributed by atoms with Crippen LogP contribution in [-0.4, -0.2) is 11.9 Å². The van der Waals surface area contributed by atoms with Crippen LogP contribution in [0.3, 0.4) is 0 Å². The molecule has 26 heavy (non-hydrogen) atoms. The quantitative estimate of drug-likeness (QED) is 0.429. The van der Waals surface area contributed by atoms with Gasteiger partial charge < -0.3 is 18.9 Å². The lowest BCUT2D eigenvalue weighted by Crippen LogP contribution is -2.27. The average Bonchev–Trinajstić information content (AvgIpc) is 3.12. The Morgan fingerprint density at radius 3 is 2.69 bits per heavy atom. The fourth-order valence-corrected chi connectivity index (χ4v) is 2.22. The average molecular weight is 355 g/mol. The lowest BCUT2D eigenvalue weighted by Gasteiger charge is -2.08. The number of ether oxygens (including phenoxy) is 1. The first-order valence-corrected chi connectivity index (χ1v) is 8.04. The van der Waals surface area contributed by atoms with E-state index in [2.05, 4.69) is 5.32 Å². The highest BCUT2D eigenvalue weighted by atomic mass is 16.5. The summed E-state index contributed by atoms with van der Waals surface area (Å²) in [6.45, 7) is 3.60. The van der Waals surface area contributed by atoms with E-state index < -0.39 is 11.5 Å². The van der Waals surface area contributed by atoms with Crippen LogP contribution in [0.1, 0.15) is 30.0 Å². The number of fused-ring (bicyclic) bond motifs is 1. The van der Waals surface area contributed by atoms with E-state index in [0.717, 1.165) is 0 Å². The van der Waals surface area contributed by atoms with E-state index in [9.17, 15) is 14.4 Å². The van der Waals surface area contributed by atoms with Crippen molar-refractivity contribution < 1.29 is 23.2 Å². The molecule has 0 radical (unpaired) electrons. The number of esters is 1. The van der Waals surface area contributed by atoms with Crippen LogP contribution >= 0.6 is 0 Å². The molecule has 1 aromatic carbocycles. The van der Waals surface area contributed by atoms with E-state index in [-0.39, 0.29) is 35.3 Å². The van der Waals surface area contributed by atoms with Crippen molar-refractivity contribution in [1.29, 1.82) is 0 Å². The molecule has 1 amide bonds. The highest BCUT2D eigenvalue weighted by Gasteiger charge is 2.15. The Bertz CT molecular complexity index is 1000. The molecular weight excluding hydrogens is 338 g/mol. The Labute approximate surface area is 148 Å². The number of hydrogen-bond donors (Lipinski definition) is 1.